The van der Waals surface area contributed by atoms with Gasteiger partial charge >= 0.3 is 0 Å². The molecule has 0 saturated heterocycles. The van der Waals surface area contributed by atoms with Gasteiger partial charge in [0.25, 0.3) is 0 Å². The maximum Gasteiger partial charge on any atom is 0.130 e. The summed E-state index contributed by atoms with van der Waals surface area (Å²) in [6.45, 7) is 4.26. The van der Waals surface area contributed by atoms with Crippen molar-refractivity contribution in [3.05, 3.63) is 45.4 Å². The number of nitrogen functional groups attached to an aromatic ring is 1. The van der Waals surface area contributed by atoms with Crippen molar-refractivity contribution in [1.29, 1.82) is 0 Å². The fraction of sp³-hybridized carbons (Fsp3) is 0.250. The number of nitrogens with zero attached hydrogens (tertiary/aromatic N) is 2. The summed E-state index contributed by atoms with van der Waals surface area (Å²) in [4.78, 5) is 0. The fourth-order valence-electron chi connectivity index (χ4n) is 1.68. The van der Waals surface area contributed by atoms with Gasteiger partial charge in [-0.05, 0) is 41.9 Å². The van der Waals surface area contributed by atoms with Gasteiger partial charge in [-0.2, -0.15) is 5.10 Å². The average Bonchev–Trinajstić information content (AvgIpc) is 2.50. The Hall–Kier alpha value is -1.36. The summed E-state index contributed by atoms with van der Waals surface area (Å²) in [6.07, 6.45) is 0. The first-order chi connectivity index (χ1) is 7.99. The Balaban J connectivity index is 2.34. The van der Waals surface area contributed by atoms with E-state index in [1.54, 1.807) is 16.8 Å². The number of aryl methyl sites for hydroxylation is 1. The van der Waals surface area contributed by atoms with Crippen molar-refractivity contribution < 1.29 is 4.39 Å². The molecule has 0 spiro atoms. The highest BCUT2D eigenvalue weighted by atomic mass is 79.9. The summed E-state index contributed by atoms with van der Waals surface area (Å²) in [5, 5.41) is 4.34. The number of halogens is 2. The smallest absolute Gasteiger partial charge is 0.130 e. The van der Waals surface area contributed by atoms with E-state index in [0.29, 0.717) is 17.8 Å². The van der Waals surface area contributed by atoms with Gasteiger partial charge in [0.05, 0.1) is 22.4 Å². The molecular weight excluding hydrogens is 285 g/mol. The van der Waals surface area contributed by atoms with Gasteiger partial charge in [0.15, 0.2) is 0 Å². The van der Waals surface area contributed by atoms with Crippen LogP contribution in [-0.4, -0.2) is 9.78 Å². The second kappa shape index (κ2) is 4.49. The third kappa shape index (κ3) is 2.34. The Morgan fingerprint density at radius 2 is 2.12 bits per heavy atom. The van der Waals surface area contributed by atoms with E-state index < -0.39 is 0 Å². The highest BCUT2D eigenvalue weighted by Crippen LogP contribution is 2.21. The van der Waals surface area contributed by atoms with Crippen molar-refractivity contribution >= 4 is 21.6 Å². The van der Waals surface area contributed by atoms with Crippen molar-refractivity contribution in [1.82, 2.24) is 9.78 Å². The molecule has 0 unspecified atom stereocenters. The van der Waals surface area contributed by atoms with E-state index in [9.17, 15) is 4.39 Å². The van der Waals surface area contributed by atoms with Gasteiger partial charge in [0.2, 0.25) is 0 Å². The molecule has 90 valence electrons. The number of hydrogen-bond donors (Lipinski definition) is 1. The Morgan fingerprint density at radius 3 is 2.65 bits per heavy atom. The van der Waals surface area contributed by atoms with Crippen molar-refractivity contribution in [2.45, 2.75) is 20.4 Å². The zero-order valence-corrected chi connectivity index (χ0v) is 11.3. The summed E-state index contributed by atoms with van der Waals surface area (Å²) >= 11 is 3.45. The van der Waals surface area contributed by atoms with Crippen LogP contribution in [0.3, 0.4) is 0 Å². The fourth-order valence-corrected chi connectivity index (χ4v) is 1.97. The third-order valence-corrected chi connectivity index (χ3v) is 3.84. The van der Waals surface area contributed by atoms with Gasteiger partial charge in [0.1, 0.15) is 5.82 Å². The van der Waals surface area contributed by atoms with Crippen molar-refractivity contribution in [3.8, 4) is 0 Å². The summed E-state index contributed by atoms with van der Waals surface area (Å²) in [6, 6.07) is 4.71. The van der Waals surface area contributed by atoms with Crippen LogP contribution in [0.15, 0.2) is 22.7 Å². The van der Waals surface area contributed by atoms with E-state index in [0.717, 1.165) is 15.9 Å². The maximum absolute atomic E-state index is 13.6. The second-order valence-corrected chi connectivity index (χ2v) is 4.79. The van der Waals surface area contributed by atoms with E-state index in [2.05, 4.69) is 21.0 Å². The minimum atomic E-state index is -0.298. The van der Waals surface area contributed by atoms with Gasteiger partial charge < -0.3 is 5.73 Å². The van der Waals surface area contributed by atoms with Crippen LogP contribution >= 0.6 is 15.9 Å². The van der Waals surface area contributed by atoms with E-state index >= 15 is 0 Å². The number of hydrogen-bond acceptors (Lipinski definition) is 2. The lowest BCUT2D eigenvalue weighted by atomic mass is 10.2. The first-order valence-corrected chi connectivity index (χ1v) is 6.01. The molecule has 2 N–H and O–H groups in total. The van der Waals surface area contributed by atoms with Crippen LogP contribution in [0.1, 0.15) is 17.0 Å². The second-order valence-electron chi connectivity index (χ2n) is 3.99. The molecule has 0 atom stereocenters. The number of benzene rings is 1. The first-order valence-electron chi connectivity index (χ1n) is 5.22. The summed E-state index contributed by atoms with van der Waals surface area (Å²) in [7, 11) is 0. The lowest BCUT2D eigenvalue weighted by Crippen LogP contribution is -2.06. The topological polar surface area (TPSA) is 43.8 Å². The average molecular weight is 298 g/mol. The highest BCUT2D eigenvalue weighted by Gasteiger charge is 2.10. The van der Waals surface area contributed by atoms with E-state index in [-0.39, 0.29) is 5.82 Å². The van der Waals surface area contributed by atoms with Gasteiger partial charge in [-0.25, -0.2) is 4.39 Å². The molecule has 2 aromatic rings. The zero-order chi connectivity index (χ0) is 12.6. The molecule has 0 radical (unpaired) electrons. The van der Waals surface area contributed by atoms with E-state index in [4.69, 9.17) is 5.73 Å². The van der Waals surface area contributed by atoms with Crippen molar-refractivity contribution in [3.63, 3.8) is 0 Å². The third-order valence-electron chi connectivity index (χ3n) is 2.69. The molecule has 0 aliphatic carbocycles. The number of aromatic nitrogens is 2. The monoisotopic (exact) mass is 297 g/mol. The van der Waals surface area contributed by atoms with Crippen LogP contribution in [0.4, 0.5) is 10.1 Å². The van der Waals surface area contributed by atoms with E-state index in [1.165, 1.54) is 6.07 Å². The van der Waals surface area contributed by atoms with Gasteiger partial charge in [-0.3, -0.25) is 4.68 Å². The summed E-state index contributed by atoms with van der Waals surface area (Å²) < 4.78 is 16.4. The predicted octanol–water partition coefficient (Wildman–Crippen LogP) is 3.03. The lowest BCUT2D eigenvalue weighted by Gasteiger charge is -2.06. The Labute approximate surface area is 108 Å². The maximum atomic E-state index is 13.6. The molecule has 5 heteroatoms. The first kappa shape index (κ1) is 12.1. The normalized spacial score (nSPS) is 10.8. The summed E-state index contributed by atoms with van der Waals surface area (Å²) in [5.74, 6) is -0.298. The molecule has 3 nitrogen and oxygen atoms in total. The van der Waals surface area contributed by atoms with Crippen molar-refractivity contribution in [2.75, 3.05) is 5.73 Å². The van der Waals surface area contributed by atoms with Crippen molar-refractivity contribution in [2.24, 2.45) is 0 Å². The van der Waals surface area contributed by atoms with Crippen LogP contribution in [0, 0.1) is 19.7 Å². The quantitative estimate of drug-likeness (QED) is 0.866. The lowest BCUT2D eigenvalue weighted by molar-refractivity contribution is 0.579. The minimum Gasteiger partial charge on any atom is -0.399 e. The van der Waals surface area contributed by atoms with Crippen LogP contribution in [0.5, 0.6) is 0 Å². The molecule has 1 heterocycles. The largest absolute Gasteiger partial charge is 0.399 e. The number of rotatable bonds is 2. The summed E-state index contributed by atoms with van der Waals surface area (Å²) in [5.41, 5.74) is 8.41. The molecule has 0 saturated carbocycles. The zero-order valence-electron chi connectivity index (χ0n) is 9.67. The van der Waals surface area contributed by atoms with Crippen LogP contribution in [0.25, 0.3) is 0 Å². The Bertz CT molecular complexity index is 563. The molecule has 0 fully saturated rings. The Morgan fingerprint density at radius 1 is 1.41 bits per heavy atom. The SMILES string of the molecule is Cc1nn(Cc2ccc(N)cc2F)c(C)c1Br. The van der Waals surface area contributed by atoms with Gasteiger partial charge in [-0.1, -0.05) is 6.07 Å². The standard InChI is InChI=1S/C12H13BrFN3/c1-7-12(13)8(2)17(16-7)6-9-3-4-10(15)5-11(9)14/h3-5H,6,15H2,1-2H3. The number of nitrogens with two attached hydrogens (primary N) is 1. The molecule has 2 rings (SSSR count). The van der Waals surface area contributed by atoms with Crippen LogP contribution in [-0.2, 0) is 6.54 Å². The molecule has 0 bridgehead atoms. The molecule has 1 aromatic carbocycles. The highest BCUT2D eigenvalue weighted by molar-refractivity contribution is 9.10. The van der Waals surface area contributed by atoms with Gasteiger partial charge in [-0.15, -0.1) is 0 Å². The molecule has 0 aliphatic heterocycles. The molecule has 0 aliphatic rings. The van der Waals surface area contributed by atoms with E-state index in [1.807, 2.05) is 13.8 Å². The van der Waals surface area contributed by atoms with Gasteiger partial charge in [0, 0.05) is 11.3 Å². The minimum absolute atomic E-state index is 0.298. The number of anilines is 1. The van der Waals surface area contributed by atoms with Crippen LogP contribution in [0.2, 0.25) is 0 Å². The predicted molar refractivity (Wildman–Crippen MR) is 69.3 cm³/mol. The van der Waals surface area contributed by atoms with Crippen LogP contribution < -0.4 is 5.73 Å². The molecular formula is C12H13BrFN3. The molecule has 1 aromatic heterocycles. The molecule has 17 heavy (non-hydrogen) atoms. The molecule has 0 amide bonds. The Kier molecular flexibility index (Phi) is 3.19.